The summed E-state index contributed by atoms with van der Waals surface area (Å²) in [5.74, 6) is -2.51. The van der Waals surface area contributed by atoms with E-state index in [-0.39, 0.29) is 60.1 Å². The van der Waals surface area contributed by atoms with Crippen LogP contribution in [0.4, 0.5) is 15.8 Å². The molecule has 0 spiro atoms. The van der Waals surface area contributed by atoms with E-state index < -0.39 is 17.7 Å². The van der Waals surface area contributed by atoms with E-state index in [1.807, 2.05) is 12.2 Å². The fourth-order valence-corrected chi connectivity index (χ4v) is 5.78. The molecule has 2 aromatic rings. The number of nitrogens with zero attached hydrogens (tertiary/aromatic N) is 2. The molecule has 3 amide bonds. The normalized spacial score (nSPS) is 29.3. The summed E-state index contributed by atoms with van der Waals surface area (Å²) in [6.45, 7) is 0.130. The summed E-state index contributed by atoms with van der Waals surface area (Å²) in [4.78, 5) is 54.0. The van der Waals surface area contributed by atoms with Crippen molar-refractivity contribution in [1.29, 1.82) is 0 Å². The number of imide groups is 1. The number of ether oxygens (including phenoxy) is 1. The fourth-order valence-electron chi connectivity index (χ4n) is 5.78. The van der Waals surface area contributed by atoms with E-state index in [4.69, 9.17) is 4.74 Å². The Bertz CT molecular complexity index is 1230. The fraction of sp³-hybridized carbons (Fsp3) is 0.308. The molecule has 172 valence electrons. The second-order valence-corrected chi connectivity index (χ2v) is 9.31. The molecule has 34 heavy (non-hydrogen) atoms. The summed E-state index contributed by atoms with van der Waals surface area (Å²) >= 11 is 0. The molecule has 5 atom stereocenters. The highest BCUT2D eigenvalue weighted by atomic mass is 19.1. The Kier molecular flexibility index (Phi) is 4.65. The molecule has 0 aromatic heterocycles. The van der Waals surface area contributed by atoms with Gasteiger partial charge in [0.1, 0.15) is 11.6 Å². The molecular formula is C26H21FN2O5. The number of fused-ring (bicyclic) bond motifs is 5. The minimum absolute atomic E-state index is 0.0157. The number of hydrogen-bond acceptors (Lipinski definition) is 5. The predicted molar refractivity (Wildman–Crippen MR) is 119 cm³/mol. The molecule has 0 unspecified atom stereocenters. The smallest absolute Gasteiger partial charge is 0.316 e. The van der Waals surface area contributed by atoms with Crippen molar-refractivity contribution in [3.05, 3.63) is 66.5 Å². The molecular weight excluding hydrogens is 439 g/mol. The molecule has 7 nitrogen and oxygen atoms in total. The monoisotopic (exact) mass is 460 g/mol. The van der Waals surface area contributed by atoms with E-state index in [1.54, 1.807) is 18.2 Å². The van der Waals surface area contributed by atoms with Gasteiger partial charge in [-0.3, -0.25) is 19.2 Å². The highest BCUT2D eigenvalue weighted by Crippen LogP contribution is 2.53. The van der Waals surface area contributed by atoms with E-state index in [0.717, 1.165) is 6.42 Å². The van der Waals surface area contributed by atoms with Gasteiger partial charge in [-0.05, 0) is 54.7 Å². The lowest BCUT2D eigenvalue weighted by Gasteiger charge is -2.18. The molecule has 1 saturated carbocycles. The Morgan fingerprint density at radius 3 is 2.26 bits per heavy atom. The Labute approximate surface area is 194 Å². The van der Waals surface area contributed by atoms with Crippen LogP contribution in [0.5, 0.6) is 5.75 Å². The summed E-state index contributed by atoms with van der Waals surface area (Å²) in [7, 11) is 0. The maximum atomic E-state index is 13.2. The summed E-state index contributed by atoms with van der Waals surface area (Å²) in [5.41, 5.74) is 0.897. The van der Waals surface area contributed by atoms with Crippen molar-refractivity contribution in [3.63, 3.8) is 0 Å². The molecule has 2 aliphatic heterocycles. The highest BCUT2D eigenvalue weighted by molar-refractivity contribution is 6.22. The third-order valence-corrected chi connectivity index (χ3v) is 7.36. The number of esters is 1. The average molecular weight is 460 g/mol. The molecule has 0 radical (unpaired) electrons. The number of benzene rings is 2. The third-order valence-electron chi connectivity index (χ3n) is 7.36. The van der Waals surface area contributed by atoms with Crippen LogP contribution in [0.2, 0.25) is 0 Å². The zero-order chi connectivity index (χ0) is 23.6. The second kappa shape index (κ2) is 7.62. The third kappa shape index (κ3) is 3.16. The van der Waals surface area contributed by atoms with Crippen LogP contribution in [-0.2, 0) is 19.2 Å². The van der Waals surface area contributed by atoms with Crippen molar-refractivity contribution in [2.24, 2.45) is 29.6 Å². The van der Waals surface area contributed by atoms with E-state index in [2.05, 4.69) is 0 Å². The Morgan fingerprint density at radius 1 is 0.912 bits per heavy atom. The first kappa shape index (κ1) is 20.8. The number of anilines is 2. The summed E-state index contributed by atoms with van der Waals surface area (Å²) < 4.78 is 18.7. The molecule has 2 aliphatic carbocycles. The quantitative estimate of drug-likeness (QED) is 0.303. The first-order chi connectivity index (χ1) is 16.4. The number of amides is 3. The van der Waals surface area contributed by atoms with Crippen molar-refractivity contribution in [2.75, 3.05) is 16.3 Å². The van der Waals surface area contributed by atoms with Crippen molar-refractivity contribution in [1.82, 2.24) is 0 Å². The van der Waals surface area contributed by atoms with Crippen LogP contribution in [0.15, 0.2) is 60.7 Å². The number of allylic oxidation sites excluding steroid dienone is 2. The lowest BCUT2D eigenvalue weighted by molar-refractivity contribution is -0.139. The van der Waals surface area contributed by atoms with Gasteiger partial charge in [-0.25, -0.2) is 9.29 Å². The van der Waals surface area contributed by atoms with Gasteiger partial charge in [-0.15, -0.1) is 0 Å². The van der Waals surface area contributed by atoms with Gasteiger partial charge < -0.3 is 9.64 Å². The number of hydrogen-bond donors (Lipinski definition) is 0. The maximum Gasteiger partial charge on any atom is 0.316 e. The number of halogens is 1. The van der Waals surface area contributed by atoms with Crippen LogP contribution in [0.3, 0.4) is 0 Å². The first-order valence-corrected chi connectivity index (χ1v) is 11.3. The van der Waals surface area contributed by atoms with Crippen molar-refractivity contribution >= 4 is 35.1 Å². The van der Waals surface area contributed by atoms with Crippen molar-refractivity contribution in [2.45, 2.75) is 12.8 Å². The van der Waals surface area contributed by atoms with Crippen molar-refractivity contribution in [3.8, 4) is 5.75 Å². The van der Waals surface area contributed by atoms with Gasteiger partial charge in [-0.1, -0.05) is 18.2 Å². The molecule has 2 heterocycles. The van der Waals surface area contributed by atoms with Crippen LogP contribution in [0.25, 0.3) is 0 Å². The van der Waals surface area contributed by atoms with Crippen LogP contribution in [0.1, 0.15) is 12.8 Å². The Morgan fingerprint density at radius 2 is 1.59 bits per heavy atom. The molecule has 8 heteroatoms. The zero-order valence-electron chi connectivity index (χ0n) is 18.1. The van der Waals surface area contributed by atoms with Crippen LogP contribution < -0.4 is 14.5 Å². The van der Waals surface area contributed by atoms with Gasteiger partial charge in [0.05, 0.1) is 23.4 Å². The van der Waals surface area contributed by atoms with E-state index in [9.17, 15) is 23.6 Å². The minimum Gasteiger partial charge on any atom is -0.426 e. The summed E-state index contributed by atoms with van der Waals surface area (Å²) in [6, 6.07) is 11.9. The van der Waals surface area contributed by atoms with Gasteiger partial charge in [0.25, 0.3) is 0 Å². The molecule has 2 aromatic carbocycles. The molecule has 0 N–H and O–H groups in total. The van der Waals surface area contributed by atoms with Crippen LogP contribution in [-0.4, -0.2) is 30.2 Å². The number of carbonyl (C=O) groups excluding carboxylic acids is 4. The lowest BCUT2D eigenvalue weighted by Crippen LogP contribution is -2.32. The maximum absolute atomic E-state index is 13.2. The van der Waals surface area contributed by atoms with E-state index in [1.165, 1.54) is 40.1 Å². The van der Waals surface area contributed by atoms with Gasteiger partial charge in [-0.2, -0.15) is 0 Å². The lowest BCUT2D eigenvalue weighted by atomic mass is 9.85. The Balaban J connectivity index is 1.16. The van der Waals surface area contributed by atoms with Gasteiger partial charge in [0.2, 0.25) is 17.7 Å². The molecule has 2 bridgehead atoms. The van der Waals surface area contributed by atoms with Crippen molar-refractivity contribution < 1.29 is 28.3 Å². The molecule has 3 fully saturated rings. The number of carbonyl (C=O) groups is 4. The molecule has 6 rings (SSSR count). The second-order valence-electron chi connectivity index (χ2n) is 9.31. The topological polar surface area (TPSA) is 84.0 Å². The SMILES string of the molecule is O=C(Oc1cccc(N2C(=O)[C@@H]3[C@H](C2=O)[C@H]2C=C[C@H]3C2)c1)[C@H]1CC(=O)N(c2ccc(F)cc2)C1. The largest absolute Gasteiger partial charge is 0.426 e. The van der Waals surface area contributed by atoms with E-state index in [0.29, 0.717) is 11.4 Å². The molecule has 4 aliphatic rings. The summed E-state index contributed by atoms with van der Waals surface area (Å²) in [6.07, 6.45) is 4.92. The average Bonchev–Trinajstić information content (AvgIpc) is 3.58. The highest BCUT2D eigenvalue weighted by Gasteiger charge is 2.59. The van der Waals surface area contributed by atoms with Crippen LogP contribution >= 0.6 is 0 Å². The minimum atomic E-state index is -0.683. The van der Waals surface area contributed by atoms with E-state index >= 15 is 0 Å². The van der Waals surface area contributed by atoms with Gasteiger partial charge >= 0.3 is 5.97 Å². The van der Waals surface area contributed by atoms with Gasteiger partial charge in [0.15, 0.2) is 0 Å². The summed E-state index contributed by atoms with van der Waals surface area (Å²) in [5, 5.41) is 0. The zero-order valence-corrected chi connectivity index (χ0v) is 18.1. The number of rotatable bonds is 4. The first-order valence-electron chi connectivity index (χ1n) is 11.3. The van der Waals surface area contributed by atoms with Gasteiger partial charge in [0, 0.05) is 24.7 Å². The molecule has 2 saturated heterocycles. The predicted octanol–water partition coefficient (Wildman–Crippen LogP) is 3.10. The van der Waals surface area contributed by atoms with Crippen LogP contribution in [0, 0.1) is 35.4 Å². The standard InChI is InChI=1S/C26H21FN2O5/c27-17-6-8-18(9-7-17)28-13-16(11-21(28)30)26(33)34-20-3-1-2-19(12-20)29-24(31)22-14-4-5-15(10-14)23(22)25(29)32/h1-9,12,14-16,22-23H,10-11,13H2/t14-,15-,16-,22-,23+/m0/s1. The Hall–Kier alpha value is -3.81.